The third kappa shape index (κ3) is 4.07. The van der Waals surface area contributed by atoms with Gasteiger partial charge in [-0.2, -0.15) is 0 Å². The van der Waals surface area contributed by atoms with E-state index in [0.717, 1.165) is 31.4 Å². The number of halogens is 1. The summed E-state index contributed by atoms with van der Waals surface area (Å²) in [5.41, 5.74) is 6.22. The lowest BCUT2D eigenvalue weighted by Gasteiger charge is -2.38. The zero-order valence-corrected chi connectivity index (χ0v) is 15.4. The number of hydrogen-bond acceptors (Lipinski definition) is 4. The molecular formula is C18H26ClN3O3. The van der Waals surface area contributed by atoms with Gasteiger partial charge >= 0.3 is 0 Å². The number of rotatable bonds is 3. The normalized spacial score (nSPS) is 19.3. The molecule has 1 aliphatic carbocycles. The number of nitrogens with zero attached hydrogens (tertiary/aromatic N) is 2. The van der Waals surface area contributed by atoms with Gasteiger partial charge in [-0.15, -0.1) is 12.4 Å². The smallest absolute Gasteiger partial charge is 0.253 e. The predicted octanol–water partition coefficient (Wildman–Crippen LogP) is 1.67. The average molecular weight is 368 g/mol. The Morgan fingerprint density at radius 3 is 2.04 bits per heavy atom. The number of piperazine rings is 1. The molecule has 0 aromatic heterocycles. The van der Waals surface area contributed by atoms with Gasteiger partial charge in [0.2, 0.25) is 5.91 Å². The van der Waals surface area contributed by atoms with Crippen LogP contribution in [-0.2, 0) is 4.79 Å². The van der Waals surface area contributed by atoms with Gasteiger partial charge in [-0.3, -0.25) is 9.59 Å². The topological polar surface area (TPSA) is 75.9 Å². The minimum Gasteiger partial charge on any atom is -0.497 e. The molecule has 2 N–H and O–H groups in total. The fourth-order valence-electron chi connectivity index (χ4n) is 3.56. The Labute approximate surface area is 154 Å². The van der Waals surface area contributed by atoms with Crippen molar-refractivity contribution in [3.63, 3.8) is 0 Å². The van der Waals surface area contributed by atoms with E-state index in [9.17, 15) is 9.59 Å². The van der Waals surface area contributed by atoms with Crippen molar-refractivity contribution in [3.8, 4) is 5.75 Å². The van der Waals surface area contributed by atoms with Crippen molar-refractivity contribution in [2.24, 2.45) is 5.73 Å². The van der Waals surface area contributed by atoms with Crippen molar-refractivity contribution in [1.29, 1.82) is 0 Å². The summed E-state index contributed by atoms with van der Waals surface area (Å²) in [6.45, 7) is 2.21. The first kappa shape index (κ1) is 19.5. The lowest BCUT2D eigenvalue weighted by molar-refractivity contribution is -0.138. The molecule has 1 heterocycles. The van der Waals surface area contributed by atoms with Gasteiger partial charge < -0.3 is 20.3 Å². The molecule has 3 rings (SSSR count). The molecular weight excluding hydrogens is 342 g/mol. The third-order valence-electron chi connectivity index (χ3n) is 5.11. The molecule has 2 aliphatic rings. The molecule has 138 valence electrons. The van der Waals surface area contributed by atoms with Crippen LogP contribution in [0.2, 0.25) is 0 Å². The van der Waals surface area contributed by atoms with Gasteiger partial charge in [0, 0.05) is 31.7 Å². The van der Waals surface area contributed by atoms with E-state index in [4.69, 9.17) is 10.5 Å². The summed E-state index contributed by atoms with van der Waals surface area (Å²) in [6, 6.07) is 7.11. The van der Waals surface area contributed by atoms with E-state index in [-0.39, 0.29) is 24.2 Å². The number of ether oxygens (including phenoxy) is 1. The summed E-state index contributed by atoms with van der Waals surface area (Å²) < 4.78 is 5.11. The van der Waals surface area contributed by atoms with E-state index in [2.05, 4.69) is 0 Å². The number of carbonyl (C=O) groups is 2. The maximum Gasteiger partial charge on any atom is 0.253 e. The molecule has 1 aromatic carbocycles. The van der Waals surface area contributed by atoms with E-state index in [1.54, 1.807) is 36.3 Å². The highest BCUT2D eigenvalue weighted by molar-refractivity contribution is 5.94. The van der Waals surface area contributed by atoms with E-state index in [1.165, 1.54) is 0 Å². The minimum absolute atomic E-state index is 0. The molecule has 0 spiro atoms. The summed E-state index contributed by atoms with van der Waals surface area (Å²) in [6.07, 6.45) is 3.60. The molecule has 0 radical (unpaired) electrons. The first-order valence-electron chi connectivity index (χ1n) is 8.55. The van der Waals surface area contributed by atoms with Gasteiger partial charge in [0.25, 0.3) is 5.91 Å². The van der Waals surface area contributed by atoms with Crippen LogP contribution >= 0.6 is 12.4 Å². The quantitative estimate of drug-likeness (QED) is 0.881. The molecule has 25 heavy (non-hydrogen) atoms. The van der Waals surface area contributed by atoms with Crippen LogP contribution in [0.15, 0.2) is 24.3 Å². The molecule has 6 nitrogen and oxygen atoms in total. The second kappa shape index (κ2) is 8.06. The maximum absolute atomic E-state index is 12.6. The second-order valence-electron chi connectivity index (χ2n) is 6.68. The highest BCUT2D eigenvalue weighted by Gasteiger charge is 2.40. The summed E-state index contributed by atoms with van der Waals surface area (Å²) in [4.78, 5) is 28.8. The molecule has 2 fully saturated rings. The van der Waals surface area contributed by atoms with Gasteiger partial charge in [0.05, 0.1) is 12.6 Å². The fraction of sp³-hybridized carbons (Fsp3) is 0.556. The number of carbonyl (C=O) groups excluding carboxylic acids is 2. The van der Waals surface area contributed by atoms with Crippen LogP contribution in [0.1, 0.15) is 36.0 Å². The van der Waals surface area contributed by atoms with E-state index < -0.39 is 5.54 Å². The van der Waals surface area contributed by atoms with E-state index in [1.807, 2.05) is 4.90 Å². The maximum atomic E-state index is 12.6. The Morgan fingerprint density at radius 2 is 1.52 bits per heavy atom. The molecule has 1 aliphatic heterocycles. The largest absolute Gasteiger partial charge is 0.497 e. The van der Waals surface area contributed by atoms with Crippen LogP contribution < -0.4 is 10.5 Å². The number of amides is 2. The number of nitrogens with two attached hydrogens (primary N) is 1. The fourth-order valence-corrected chi connectivity index (χ4v) is 3.56. The molecule has 7 heteroatoms. The van der Waals surface area contributed by atoms with Crippen LogP contribution in [0.3, 0.4) is 0 Å². The van der Waals surface area contributed by atoms with Crippen LogP contribution in [0.25, 0.3) is 0 Å². The number of methoxy groups -OCH3 is 1. The molecule has 2 amide bonds. The zero-order chi connectivity index (χ0) is 17.2. The second-order valence-corrected chi connectivity index (χ2v) is 6.68. The third-order valence-corrected chi connectivity index (χ3v) is 5.11. The lowest BCUT2D eigenvalue weighted by atomic mass is 9.97. The van der Waals surface area contributed by atoms with Crippen molar-refractivity contribution >= 4 is 24.2 Å². The Morgan fingerprint density at radius 1 is 1.00 bits per heavy atom. The standard InChI is InChI=1S/C18H25N3O3.ClH/c1-24-15-6-4-14(5-7-15)16(22)20-10-12-21(13-11-20)17(23)18(19)8-2-3-9-18;/h4-7H,2-3,8-13,19H2,1H3;1H. The minimum atomic E-state index is -0.678. The van der Waals surface area contributed by atoms with Gasteiger partial charge in [0.15, 0.2) is 0 Å². The van der Waals surface area contributed by atoms with Crippen molar-refractivity contribution in [3.05, 3.63) is 29.8 Å². The summed E-state index contributed by atoms with van der Waals surface area (Å²) >= 11 is 0. The first-order chi connectivity index (χ1) is 11.5. The van der Waals surface area contributed by atoms with Crippen molar-refractivity contribution in [2.45, 2.75) is 31.2 Å². The molecule has 0 unspecified atom stereocenters. The average Bonchev–Trinajstić information content (AvgIpc) is 3.08. The summed E-state index contributed by atoms with van der Waals surface area (Å²) in [5.74, 6) is 0.774. The Balaban J connectivity index is 0.00000225. The monoisotopic (exact) mass is 367 g/mol. The molecule has 0 atom stereocenters. The number of benzene rings is 1. The van der Waals surface area contributed by atoms with E-state index in [0.29, 0.717) is 31.7 Å². The van der Waals surface area contributed by atoms with Crippen molar-refractivity contribution in [2.75, 3.05) is 33.3 Å². The van der Waals surface area contributed by atoms with Gasteiger partial charge in [-0.25, -0.2) is 0 Å². The van der Waals surface area contributed by atoms with Gasteiger partial charge in [-0.05, 0) is 37.1 Å². The highest BCUT2D eigenvalue weighted by atomic mass is 35.5. The SMILES string of the molecule is COc1ccc(C(=O)N2CCN(C(=O)C3(N)CCCC3)CC2)cc1.Cl. The van der Waals surface area contributed by atoms with Gasteiger partial charge in [-0.1, -0.05) is 12.8 Å². The van der Waals surface area contributed by atoms with Crippen LogP contribution in [-0.4, -0.2) is 60.4 Å². The molecule has 1 saturated heterocycles. The van der Waals surface area contributed by atoms with Crippen LogP contribution in [0.4, 0.5) is 0 Å². The van der Waals surface area contributed by atoms with Crippen molar-refractivity contribution < 1.29 is 14.3 Å². The van der Waals surface area contributed by atoms with Crippen LogP contribution in [0, 0.1) is 0 Å². The summed E-state index contributed by atoms with van der Waals surface area (Å²) in [5, 5.41) is 0. The summed E-state index contributed by atoms with van der Waals surface area (Å²) in [7, 11) is 1.60. The highest BCUT2D eigenvalue weighted by Crippen LogP contribution is 2.29. The predicted molar refractivity (Wildman–Crippen MR) is 98.1 cm³/mol. The lowest BCUT2D eigenvalue weighted by Crippen LogP contribution is -2.59. The Bertz CT molecular complexity index is 606. The van der Waals surface area contributed by atoms with Gasteiger partial charge in [0.1, 0.15) is 5.75 Å². The molecule has 0 bridgehead atoms. The first-order valence-corrected chi connectivity index (χ1v) is 8.55. The van der Waals surface area contributed by atoms with Crippen molar-refractivity contribution in [1.82, 2.24) is 9.80 Å². The number of hydrogen-bond donors (Lipinski definition) is 1. The zero-order valence-electron chi connectivity index (χ0n) is 14.6. The van der Waals surface area contributed by atoms with Crippen LogP contribution in [0.5, 0.6) is 5.75 Å². The Kier molecular flexibility index (Phi) is 6.30. The molecule has 1 saturated carbocycles. The molecule has 1 aromatic rings. The Hall–Kier alpha value is -1.79. The van der Waals surface area contributed by atoms with E-state index >= 15 is 0 Å².